The second-order valence-electron chi connectivity index (χ2n) is 5.94. The molecule has 2 aliphatic rings. The summed E-state index contributed by atoms with van der Waals surface area (Å²) in [6.45, 7) is 3.49. The van der Waals surface area contributed by atoms with Crippen molar-refractivity contribution < 1.29 is 19.4 Å². The van der Waals surface area contributed by atoms with Crippen LogP contribution in [0.5, 0.6) is 5.75 Å². The van der Waals surface area contributed by atoms with Crippen molar-refractivity contribution in [3.63, 3.8) is 0 Å². The molecule has 1 amide bonds. The number of aromatic hydroxyl groups is 1. The van der Waals surface area contributed by atoms with E-state index >= 15 is 0 Å². The Kier molecular flexibility index (Phi) is 5.43. The molecule has 1 aromatic carbocycles. The van der Waals surface area contributed by atoms with Crippen LogP contribution in [0, 0.1) is 5.92 Å². The Hall–Kier alpha value is -2.28. The van der Waals surface area contributed by atoms with Gasteiger partial charge in [-0.3, -0.25) is 9.59 Å². The number of aliphatic imine (C=N–C) groups is 1. The van der Waals surface area contributed by atoms with Crippen molar-refractivity contribution in [2.45, 2.75) is 19.8 Å². The van der Waals surface area contributed by atoms with Crippen molar-refractivity contribution in [3.05, 3.63) is 34.7 Å². The zero-order valence-electron chi connectivity index (χ0n) is 14.0. The van der Waals surface area contributed by atoms with Crippen molar-refractivity contribution >= 4 is 34.9 Å². The van der Waals surface area contributed by atoms with E-state index in [0.29, 0.717) is 23.2 Å². The number of likely N-dealkylation sites (tertiary alicyclic amines) is 1. The summed E-state index contributed by atoms with van der Waals surface area (Å²) in [5, 5.41) is 9.97. The number of phenols is 1. The van der Waals surface area contributed by atoms with Gasteiger partial charge < -0.3 is 14.7 Å². The van der Waals surface area contributed by atoms with Crippen LogP contribution < -0.4 is 0 Å². The molecule has 0 radical (unpaired) electrons. The number of benzene rings is 1. The fraction of sp³-hybridized carbons (Fsp3) is 0.389. The molecule has 6 nitrogen and oxygen atoms in total. The molecule has 2 heterocycles. The van der Waals surface area contributed by atoms with Gasteiger partial charge in [0.15, 0.2) is 5.17 Å². The van der Waals surface area contributed by atoms with Gasteiger partial charge in [0, 0.05) is 13.1 Å². The Balaban J connectivity index is 1.68. The number of hydrogen-bond donors (Lipinski definition) is 1. The first-order valence-electron chi connectivity index (χ1n) is 8.30. The topological polar surface area (TPSA) is 79.2 Å². The molecule has 3 rings (SSSR count). The van der Waals surface area contributed by atoms with Crippen LogP contribution in [0.2, 0.25) is 0 Å². The first-order chi connectivity index (χ1) is 12.1. The van der Waals surface area contributed by atoms with Crippen LogP contribution >= 0.6 is 11.8 Å². The maximum Gasteiger partial charge on any atom is 0.310 e. The smallest absolute Gasteiger partial charge is 0.310 e. The molecule has 0 bridgehead atoms. The molecule has 0 aromatic heterocycles. The van der Waals surface area contributed by atoms with Crippen LogP contribution in [0.25, 0.3) is 6.08 Å². The summed E-state index contributed by atoms with van der Waals surface area (Å²) in [5.41, 5.74) is 0.827. The molecular formula is C18H20N2O4S. The first kappa shape index (κ1) is 17.5. The third-order valence-electron chi connectivity index (χ3n) is 4.11. The highest BCUT2D eigenvalue weighted by molar-refractivity contribution is 8.18. The average molecular weight is 360 g/mol. The zero-order chi connectivity index (χ0) is 17.8. The lowest BCUT2D eigenvalue weighted by atomic mass is 9.99. The second-order valence-corrected chi connectivity index (χ2v) is 6.95. The number of thioether (sulfide) groups is 1. The summed E-state index contributed by atoms with van der Waals surface area (Å²) < 4.78 is 5.11. The standard InChI is InChI=1S/C18H20N2O4S/c1-2-24-17(23)13-4-3-9-20(11-13)18-19-16(22)15(25-18)10-12-5-7-14(21)8-6-12/h5-8,10,13,21H,2-4,9,11H2,1H3/b15-10-/t13-/m0/s1. The van der Waals surface area contributed by atoms with E-state index in [1.165, 1.54) is 11.8 Å². The van der Waals surface area contributed by atoms with Crippen molar-refractivity contribution in [3.8, 4) is 5.75 Å². The van der Waals surface area contributed by atoms with E-state index in [1.807, 2.05) is 4.90 Å². The predicted octanol–water partition coefficient (Wildman–Crippen LogP) is 2.64. The average Bonchev–Trinajstić information content (AvgIpc) is 2.98. The molecule has 7 heteroatoms. The van der Waals surface area contributed by atoms with Gasteiger partial charge >= 0.3 is 5.97 Å². The highest BCUT2D eigenvalue weighted by Crippen LogP contribution is 2.32. The Labute approximate surface area is 150 Å². The number of amidine groups is 1. The Morgan fingerprint density at radius 3 is 2.92 bits per heavy atom. The molecule has 132 valence electrons. The van der Waals surface area contributed by atoms with E-state index < -0.39 is 0 Å². The lowest BCUT2D eigenvalue weighted by Gasteiger charge is -2.32. The van der Waals surface area contributed by atoms with E-state index in [9.17, 15) is 14.7 Å². The molecule has 0 spiro atoms. The molecule has 2 aliphatic heterocycles. The van der Waals surface area contributed by atoms with E-state index in [2.05, 4.69) is 4.99 Å². The number of carbonyl (C=O) groups is 2. The lowest BCUT2D eigenvalue weighted by Crippen LogP contribution is -2.41. The van der Waals surface area contributed by atoms with Gasteiger partial charge in [0.05, 0.1) is 17.4 Å². The van der Waals surface area contributed by atoms with Crippen molar-refractivity contribution in [2.24, 2.45) is 10.9 Å². The van der Waals surface area contributed by atoms with Gasteiger partial charge in [0.1, 0.15) is 5.75 Å². The van der Waals surface area contributed by atoms with Gasteiger partial charge in [-0.1, -0.05) is 12.1 Å². The van der Waals surface area contributed by atoms with E-state index in [-0.39, 0.29) is 23.5 Å². The zero-order valence-corrected chi connectivity index (χ0v) is 14.8. The fourth-order valence-electron chi connectivity index (χ4n) is 2.86. The number of ether oxygens (including phenoxy) is 1. The van der Waals surface area contributed by atoms with Gasteiger partial charge in [-0.15, -0.1) is 0 Å². The highest BCUT2D eigenvalue weighted by atomic mass is 32.2. The summed E-state index contributed by atoms with van der Waals surface area (Å²) in [4.78, 5) is 30.8. The minimum absolute atomic E-state index is 0.169. The molecule has 1 N–H and O–H groups in total. The number of carbonyl (C=O) groups excluding carboxylic acids is 2. The molecule has 1 aromatic rings. The quantitative estimate of drug-likeness (QED) is 0.659. The normalized spacial score (nSPS) is 22.2. The molecular weight excluding hydrogens is 340 g/mol. The summed E-state index contributed by atoms with van der Waals surface area (Å²) >= 11 is 1.32. The summed E-state index contributed by atoms with van der Waals surface area (Å²) in [6.07, 6.45) is 3.43. The first-order valence-corrected chi connectivity index (χ1v) is 9.11. The summed E-state index contributed by atoms with van der Waals surface area (Å²) in [5.74, 6) is -0.437. The molecule has 1 saturated heterocycles. The molecule has 0 saturated carbocycles. The second kappa shape index (κ2) is 7.74. The van der Waals surface area contributed by atoms with Crippen LogP contribution in [0.1, 0.15) is 25.3 Å². The van der Waals surface area contributed by atoms with Crippen LogP contribution in [0.3, 0.4) is 0 Å². The van der Waals surface area contributed by atoms with Crippen molar-refractivity contribution in [2.75, 3.05) is 19.7 Å². The fourth-order valence-corrected chi connectivity index (χ4v) is 3.81. The number of rotatable bonds is 3. The van der Waals surface area contributed by atoms with Crippen LogP contribution in [-0.2, 0) is 14.3 Å². The monoisotopic (exact) mass is 360 g/mol. The van der Waals surface area contributed by atoms with Gasteiger partial charge in [-0.2, -0.15) is 4.99 Å². The van der Waals surface area contributed by atoms with Crippen molar-refractivity contribution in [1.29, 1.82) is 0 Å². The number of esters is 1. The maximum atomic E-state index is 12.2. The predicted molar refractivity (Wildman–Crippen MR) is 97.0 cm³/mol. The maximum absolute atomic E-state index is 12.2. The Morgan fingerprint density at radius 2 is 2.20 bits per heavy atom. The Morgan fingerprint density at radius 1 is 1.44 bits per heavy atom. The SMILES string of the molecule is CCOC(=O)[C@H]1CCCN(C2=NC(=O)/C(=C/c3ccc(O)cc3)S2)C1. The summed E-state index contributed by atoms with van der Waals surface area (Å²) in [7, 11) is 0. The van der Waals surface area contributed by atoms with E-state index in [1.54, 1.807) is 37.3 Å². The number of phenolic OH excluding ortho intramolecular Hbond substituents is 1. The van der Waals surface area contributed by atoms with Gasteiger partial charge in [-0.05, 0) is 55.3 Å². The molecule has 1 atom stereocenters. The van der Waals surface area contributed by atoms with Gasteiger partial charge in [-0.25, -0.2) is 0 Å². The van der Waals surface area contributed by atoms with Crippen LogP contribution in [0.15, 0.2) is 34.2 Å². The highest BCUT2D eigenvalue weighted by Gasteiger charge is 2.32. The third-order valence-corrected chi connectivity index (χ3v) is 5.16. The van der Waals surface area contributed by atoms with Gasteiger partial charge in [0.25, 0.3) is 5.91 Å². The molecule has 1 fully saturated rings. The molecule has 25 heavy (non-hydrogen) atoms. The largest absolute Gasteiger partial charge is 0.508 e. The number of amides is 1. The van der Waals surface area contributed by atoms with Crippen molar-refractivity contribution in [1.82, 2.24) is 4.90 Å². The molecule has 0 unspecified atom stereocenters. The van der Waals surface area contributed by atoms with Crippen LogP contribution in [-0.4, -0.2) is 46.7 Å². The van der Waals surface area contributed by atoms with Gasteiger partial charge in [0.2, 0.25) is 0 Å². The van der Waals surface area contributed by atoms with Crippen LogP contribution in [0.4, 0.5) is 0 Å². The third kappa shape index (κ3) is 4.22. The molecule has 0 aliphatic carbocycles. The number of piperidine rings is 1. The number of nitrogens with zero attached hydrogens (tertiary/aromatic N) is 2. The lowest BCUT2D eigenvalue weighted by molar-refractivity contribution is -0.149. The van der Waals surface area contributed by atoms with E-state index in [4.69, 9.17) is 4.74 Å². The minimum atomic E-state index is -0.272. The Bertz CT molecular complexity index is 727. The van der Waals surface area contributed by atoms with E-state index in [0.717, 1.165) is 24.9 Å². The minimum Gasteiger partial charge on any atom is -0.508 e. The number of hydrogen-bond acceptors (Lipinski definition) is 6. The summed E-state index contributed by atoms with van der Waals surface area (Å²) in [6, 6.07) is 6.64.